The number of hydrogen-bond donors (Lipinski definition) is 0. The zero-order chi connectivity index (χ0) is 21.1. The summed E-state index contributed by atoms with van der Waals surface area (Å²) in [6, 6.07) is 17.8. The number of hydrogen-bond acceptors (Lipinski definition) is 4. The lowest BCUT2D eigenvalue weighted by molar-refractivity contribution is -0.131. The van der Waals surface area contributed by atoms with Crippen molar-refractivity contribution in [2.75, 3.05) is 37.6 Å². The van der Waals surface area contributed by atoms with Crippen molar-refractivity contribution in [3.05, 3.63) is 65.7 Å². The van der Waals surface area contributed by atoms with E-state index in [9.17, 15) is 13.2 Å². The Hall–Kier alpha value is -2.38. The van der Waals surface area contributed by atoms with Crippen LogP contribution < -0.4 is 4.90 Å². The number of fused-ring (bicyclic) bond motifs is 1. The summed E-state index contributed by atoms with van der Waals surface area (Å²) in [7, 11) is -3.38. The minimum Gasteiger partial charge on any atom is -0.359 e. The maximum atomic E-state index is 13.0. The van der Waals surface area contributed by atoms with Crippen LogP contribution in [-0.2, 0) is 27.0 Å². The average Bonchev–Trinajstić information content (AvgIpc) is 2.76. The molecule has 0 N–H and O–H groups in total. The largest absolute Gasteiger partial charge is 0.359 e. The smallest absolute Gasteiger partial charge is 0.242 e. The van der Waals surface area contributed by atoms with E-state index in [1.54, 1.807) is 4.90 Å². The number of amides is 1. The van der Waals surface area contributed by atoms with Crippen LogP contribution in [0.25, 0.3) is 0 Å². The van der Waals surface area contributed by atoms with Crippen molar-refractivity contribution in [3.63, 3.8) is 0 Å². The highest BCUT2D eigenvalue weighted by Crippen LogP contribution is 2.30. The summed E-state index contributed by atoms with van der Waals surface area (Å²) in [5.74, 6) is 0.0720. The molecule has 6 nitrogen and oxygen atoms in total. The maximum Gasteiger partial charge on any atom is 0.242 e. The number of benzene rings is 2. The summed E-state index contributed by atoms with van der Waals surface area (Å²) < 4.78 is 27.0. The number of sulfonamides is 1. The van der Waals surface area contributed by atoms with E-state index in [2.05, 4.69) is 24.0 Å². The van der Waals surface area contributed by atoms with Crippen molar-refractivity contribution in [1.82, 2.24) is 9.21 Å². The molecule has 0 bridgehead atoms. The summed E-state index contributed by atoms with van der Waals surface area (Å²) in [5.41, 5.74) is 3.22. The fourth-order valence-electron chi connectivity index (χ4n) is 4.34. The highest BCUT2D eigenvalue weighted by Gasteiger charge is 2.31. The first-order chi connectivity index (χ1) is 14.4. The van der Waals surface area contributed by atoms with Crippen LogP contribution >= 0.6 is 0 Å². The minimum atomic E-state index is -3.38. The monoisotopic (exact) mass is 427 g/mol. The van der Waals surface area contributed by atoms with Crippen LogP contribution in [0.15, 0.2) is 54.6 Å². The van der Waals surface area contributed by atoms with E-state index < -0.39 is 10.0 Å². The molecule has 2 aliphatic rings. The predicted molar refractivity (Wildman–Crippen MR) is 119 cm³/mol. The zero-order valence-electron chi connectivity index (χ0n) is 17.4. The number of nitrogens with zero attached hydrogens (tertiary/aromatic N) is 3. The maximum absolute atomic E-state index is 13.0. The SMILES string of the molecule is C[C@@H]1CCc2ccccc2N1CC(=O)N1CCN(S(=O)(=O)Cc2ccccc2)CC1. The molecule has 2 heterocycles. The van der Waals surface area contributed by atoms with E-state index in [-0.39, 0.29) is 11.7 Å². The number of rotatable bonds is 5. The Bertz CT molecular complexity index is 986. The molecule has 160 valence electrons. The molecule has 1 fully saturated rings. The molecular weight excluding hydrogens is 398 g/mol. The average molecular weight is 428 g/mol. The zero-order valence-corrected chi connectivity index (χ0v) is 18.2. The van der Waals surface area contributed by atoms with Crippen LogP contribution in [0.2, 0.25) is 0 Å². The van der Waals surface area contributed by atoms with E-state index >= 15 is 0 Å². The van der Waals surface area contributed by atoms with Gasteiger partial charge in [-0.25, -0.2) is 8.42 Å². The Morgan fingerprint density at radius 1 is 0.967 bits per heavy atom. The van der Waals surface area contributed by atoms with Crippen molar-refractivity contribution in [1.29, 1.82) is 0 Å². The molecule has 1 atom stereocenters. The lowest BCUT2D eigenvalue weighted by atomic mass is 9.96. The van der Waals surface area contributed by atoms with Crippen LogP contribution in [0.1, 0.15) is 24.5 Å². The van der Waals surface area contributed by atoms with Crippen LogP contribution in [0.5, 0.6) is 0 Å². The Morgan fingerprint density at radius 2 is 1.63 bits per heavy atom. The van der Waals surface area contributed by atoms with Gasteiger partial charge in [0.05, 0.1) is 12.3 Å². The van der Waals surface area contributed by atoms with Gasteiger partial charge in [0, 0.05) is 37.9 Å². The molecule has 1 saturated heterocycles. The van der Waals surface area contributed by atoms with Gasteiger partial charge in [0.25, 0.3) is 0 Å². The molecule has 0 saturated carbocycles. The Kier molecular flexibility index (Phi) is 6.11. The summed E-state index contributed by atoms with van der Waals surface area (Å²) in [4.78, 5) is 17.0. The van der Waals surface area contributed by atoms with Crippen LogP contribution in [0.3, 0.4) is 0 Å². The number of carbonyl (C=O) groups excluding carboxylic acids is 1. The highest BCUT2D eigenvalue weighted by atomic mass is 32.2. The van der Waals surface area contributed by atoms with Crippen molar-refractivity contribution in [2.45, 2.75) is 31.6 Å². The number of anilines is 1. The van der Waals surface area contributed by atoms with Crippen LogP contribution in [0.4, 0.5) is 5.69 Å². The second-order valence-electron chi connectivity index (χ2n) is 8.17. The van der Waals surface area contributed by atoms with Crippen molar-refractivity contribution < 1.29 is 13.2 Å². The quantitative estimate of drug-likeness (QED) is 0.736. The van der Waals surface area contributed by atoms with Gasteiger partial charge in [-0.15, -0.1) is 0 Å². The molecule has 0 spiro atoms. The molecule has 1 amide bonds. The number of aryl methyl sites for hydroxylation is 1. The Balaban J connectivity index is 1.36. The molecule has 0 unspecified atom stereocenters. The van der Waals surface area contributed by atoms with Crippen molar-refractivity contribution >= 4 is 21.6 Å². The molecule has 0 aliphatic carbocycles. The molecule has 2 aromatic rings. The predicted octanol–water partition coefficient (Wildman–Crippen LogP) is 2.50. The summed E-state index contributed by atoms with van der Waals surface area (Å²) in [6.45, 7) is 4.10. The van der Waals surface area contributed by atoms with Gasteiger partial charge in [-0.1, -0.05) is 48.5 Å². The standard InChI is InChI=1S/C23H29N3O3S/c1-19-11-12-21-9-5-6-10-22(21)26(19)17-23(27)24-13-15-25(16-14-24)30(28,29)18-20-7-3-2-4-8-20/h2-10,19H,11-18H2,1H3/t19-/m1/s1. The summed E-state index contributed by atoms with van der Waals surface area (Å²) >= 11 is 0. The Labute approximate surface area is 179 Å². The molecule has 4 rings (SSSR count). The molecule has 7 heteroatoms. The van der Waals surface area contributed by atoms with E-state index in [1.807, 2.05) is 42.5 Å². The second kappa shape index (κ2) is 8.78. The topological polar surface area (TPSA) is 60.9 Å². The van der Waals surface area contributed by atoms with E-state index in [0.29, 0.717) is 38.8 Å². The lowest BCUT2D eigenvalue weighted by Crippen LogP contribution is -2.53. The van der Waals surface area contributed by atoms with Gasteiger partial charge in [-0.05, 0) is 37.0 Å². The third-order valence-corrected chi connectivity index (χ3v) is 8.00. The highest BCUT2D eigenvalue weighted by molar-refractivity contribution is 7.88. The number of carbonyl (C=O) groups is 1. The third kappa shape index (κ3) is 4.52. The second-order valence-corrected chi connectivity index (χ2v) is 10.1. The van der Waals surface area contributed by atoms with Gasteiger partial charge in [0.1, 0.15) is 0 Å². The van der Waals surface area contributed by atoms with Crippen molar-refractivity contribution in [3.8, 4) is 0 Å². The van der Waals surface area contributed by atoms with Crippen LogP contribution in [0, 0.1) is 0 Å². The van der Waals surface area contributed by atoms with Gasteiger partial charge in [0.15, 0.2) is 0 Å². The molecule has 0 radical (unpaired) electrons. The normalized spacial score (nSPS) is 20.1. The lowest BCUT2D eigenvalue weighted by Gasteiger charge is -2.39. The van der Waals surface area contributed by atoms with Crippen LogP contribution in [-0.4, -0.2) is 62.3 Å². The van der Waals surface area contributed by atoms with E-state index in [1.165, 1.54) is 9.87 Å². The molecule has 2 aromatic carbocycles. The Morgan fingerprint density at radius 3 is 2.37 bits per heavy atom. The molecule has 0 aromatic heterocycles. The van der Waals surface area contributed by atoms with Crippen molar-refractivity contribution in [2.24, 2.45) is 0 Å². The summed E-state index contributed by atoms with van der Waals surface area (Å²) in [6.07, 6.45) is 2.08. The van der Waals surface area contributed by atoms with Gasteiger partial charge in [0.2, 0.25) is 15.9 Å². The first kappa shape index (κ1) is 20.9. The van der Waals surface area contributed by atoms with Gasteiger partial charge in [-0.2, -0.15) is 4.31 Å². The minimum absolute atomic E-state index is 0.00383. The first-order valence-corrected chi connectivity index (χ1v) is 12.2. The fraction of sp³-hybridized carbons (Fsp3) is 0.435. The molecule has 2 aliphatic heterocycles. The first-order valence-electron chi connectivity index (χ1n) is 10.6. The van der Waals surface area contributed by atoms with Gasteiger partial charge in [-0.3, -0.25) is 4.79 Å². The molecule has 30 heavy (non-hydrogen) atoms. The number of piperazine rings is 1. The molecular formula is C23H29N3O3S. The summed E-state index contributed by atoms with van der Waals surface area (Å²) in [5, 5.41) is 0. The fourth-order valence-corrected chi connectivity index (χ4v) is 5.85. The third-order valence-electron chi connectivity index (χ3n) is 6.15. The van der Waals surface area contributed by atoms with Gasteiger partial charge < -0.3 is 9.80 Å². The van der Waals surface area contributed by atoms with Gasteiger partial charge >= 0.3 is 0 Å². The van der Waals surface area contributed by atoms with E-state index in [4.69, 9.17) is 0 Å². The van der Waals surface area contributed by atoms with E-state index in [0.717, 1.165) is 24.1 Å². The number of para-hydroxylation sites is 1.